The highest BCUT2D eigenvalue weighted by Gasteiger charge is 2.30. The molecular weight excluding hydrogens is 465 g/mol. The smallest absolute Gasteiger partial charge is 0.416 e. The molecule has 0 spiro atoms. The van der Waals surface area contributed by atoms with Gasteiger partial charge in [0.25, 0.3) is 0 Å². The van der Waals surface area contributed by atoms with E-state index >= 15 is 0 Å². The summed E-state index contributed by atoms with van der Waals surface area (Å²) in [5.74, 6) is -1.01. The third-order valence-electron chi connectivity index (χ3n) is 5.31. The van der Waals surface area contributed by atoms with E-state index in [0.29, 0.717) is 24.3 Å². The second kappa shape index (κ2) is 10.6. The topological polar surface area (TPSA) is 97.4 Å². The molecular formula is C24H25F3N4O4. The Kier molecular flexibility index (Phi) is 7.78. The van der Waals surface area contributed by atoms with Crippen LogP contribution in [-0.4, -0.2) is 38.3 Å². The van der Waals surface area contributed by atoms with E-state index in [-0.39, 0.29) is 18.1 Å². The molecule has 11 heteroatoms. The lowest BCUT2D eigenvalue weighted by atomic mass is 10.1. The highest BCUT2D eigenvalue weighted by molar-refractivity contribution is 5.87. The largest absolute Gasteiger partial charge is 0.478 e. The molecule has 0 aliphatic carbocycles. The van der Waals surface area contributed by atoms with Gasteiger partial charge in [-0.1, -0.05) is 26.0 Å². The van der Waals surface area contributed by atoms with Gasteiger partial charge in [-0.15, -0.1) is 0 Å². The maximum absolute atomic E-state index is 13.5. The van der Waals surface area contributed by atoms with Crippen molar-refractivity contribution in [1.29, 1.82) is 0 Å². The van der Waals surface area contributed by atoms with Crippen molar-refractivity contribution >= 4 is 11.9 Å². The van der Waals surface area contributed by atoms with E-state index in [1.54, 1.807) is 4.90 Å². The average molecular weight is 490 g/mol. The summed E-state index contributed by atoms with van der Waals surface area (Å²) in [4.78, 5) is 43.6. The molecule has 0 atom stereocenters. The molecule has 186 valence electrons. The molecule has 0 amide bonds. The first-order valence-electron chi connectivity index (χ1n) is 11.1. The Bertz CT molecular complexity index is 1290. The maximum atomic E-state index is 13.5. The minimum absolute atomic E-state index is 0.0216. The molecule has 1 aromatic heterocycles. The fourth-order valence-corrected chi connectivity index (χ4v) is 3.64. The maximum Gasteiger partial charge on any atom is 0.416 e. The van der Waals surface area contributed by atoms with Crippen molar-refractivity contribution in [3.05, 3.63) is 86.2 Å². The minimum atomic E-state index is -4.50. The number of alkyl halides is 3. The number of hydrogen-bond donors (Lipinski definition) is 1. The Morgan fingerprint density at radius 3 is 2.03 bits per heavy atom. The van der Waals surface area contributed by atoms with E-state index in [4.69, 9.17) is 0 Å². The van der Waals surface area contributed by atoms with Gasteiger partial charge in [0.05, 0.1) is 23.4 Å². The quantitative estimate of drug-likeness (QED) is 0.490. The first-order valence-corrected chi connectivity index (χ1v) is 11.1. The molecule has 2 aromatic carbocycles. The monoisotopic (exact) mass is 490 g/mol. The van der Waals surface area contributed by atoms with E-state index < -0.39 is 29.1 Å². The summed E-state index contributed by atoms with van der Waals surface area (Å²) in [5.41, 5.74) is -1.76. The first-order chi connectivity index (χ1) is 16.6. The molecule has 3 rings (SSSR count). The molecule has 0 unspecified atom stereocenters. The summed E-state index contributed by atoms with van der Waals surface area (Å²) < 4.78 is 40.7. The van der Waals surface area contributed by atoms with Crippen molar-refractivity contribution in [3.63, 3.8) is 0 Å². The SMILES string of the molecule is CCCN(CCC)c1nc(=O)n(Cc2ccc(C(F)(F)F)cc2)c(=O)n1-c1ccc(C(=O)O)cc1. The number of aromatic carboxylic acids is 1. The van der Waals surface area contributed by atoms with Crippen LogP contribution >= 0.6 is 0 Å². The van der Waals surface area contributed by atoms with Gasteiger partial charge in [0.15, 0.2) is 0 Å². The second-order valence-electron chi connectivity index (χ2n) is 7.93. The lowest BCUT2D eigenvalue weighted by Crippen LogP contribution is -2.45. The molecule has 0 aliphatic rings. The van der Waals surface area contributed by atoms with Crippen LogP contribution in [0.1, 0.15) is 48.2 Å². The molecule has 0 saturated carbocycles. The molecule has 1 N–H and O–H groups in total. The Labute approximate surface area is 198 Å². The third-order valence-corrected chi connectivity index (χ3v) is 5.31. The molecule has 1 heterocycles. The van der Waals surface area contributed by atoms with E-state index in [1.807, 2.05) is 13.8 Å². The normalized spacial score (nSPS) is 11.5. The molecule has 35 heavy (non-hydrogen) atoms. The number of nitrogens with zero attached hydrogens (tertiary/aromatic N) is 4. The Hall–Kier alpha value is -3.89. The number of benzene rings is 2. The zero-order valence-electron chi connectivity index (χ0n) is 19.2. The van der Waals surface area contributed by atoms with Crippen LogP contribution in [0.25, 0.3) is 5.69 Å². The van der Waals surface area contributed by atoms with Gasteiger partial charge < -0.3 is 10.0 Å². The van der Waals surface area contributed by atoms with Crippen LogP contribution in [0.3, 0.4) is 0 Å². The van der Waals surface area contributed by atoms with Gasteiger partial charge in [-0.05, 0) is 54.8 Å². The van der Waals surface area contributed by atoms with Gasteiger partial charge in [0.1, 0.15) is 0 Å². The third kappa shape index (κ3) is 5.79. The number of anilines is 1. The fourth-order valence-electron chi connectivity index (χ4n) is 3.64. The zero-order chi connectivity index (χ0) is 25.8. The van der Waals surface area contributed by atoms with Gasteiger partial charge in [-0.2, -0.15) is 18.2 Å². The molecule has 0 fully saturated rings. The molecule has 0 bridgehead atoms. The van der Waals surface area contributed by atoms with Gasteiger partial charge >= 0.3 is 23.5 Å². The van der Waals surface area contributed by atoms with Crippen molar-refractivity contribution in [1.82, 2.24) is 14.1 Å². The number of carboxylic acids is 1. The van der Waals surface area contributed by atoms with Crippen molar-refractivity contribution < 1.29 is 23.1 Å². The Morgan fingerprint density at radius 2 is 1.54 bits per heavy atom. The second-order valence-corrected chi connectivity index (χ2v) is 7.93. The average Bonchev–Trinajstić information content (AvgIpc) is 2.81. The van der Waals surface area contributed by atoms with Crippen LogP contribution in [0.5, 0.6) is 0 Å². The van der Waals surface area contributed by atoms with Gasteiger partial charge in [0.2, 0.25) is 5.95 Å². The van der Waals surface area contributed by atoms with E-state index in [0.717, 1.165) is 29.5 Å². The number of aromatic nitrogens is 3. The van der Waals surface area contributed by atoms with Crippen LogP contribution in [0, 0.1) is 0 Å². The number of rotatable bonds is 9. The van der Waals surface area contributed by atoms with Crippen LogP contribution in [0.2, 0.25) is 0 Å². The van der Waals surface area contributed by atoms with Gasteiger partial charge in [-0.25, -0.2) is 23.5 Å². The summed E-state index contributed by atoms with van der Waals surface area (Å²) in [5, 5.41) is 9.19. The van der Waals surface area contributed by atoms with Crippen LogP contribution < -0.4 is 16.3 Å². The summed E-state index contributed by atoms with van der Waals surface area (Å²) >= 11 is 0. The van der Waals surface area contributed by atoms with Crippen molar-refractivity contribution in [2.75, 3.05) is 18.0 Å². The number of hydrogen-bond acceptors (Lipinski definition) is 5. The highest BCUT2D eigenvalue weighted by Crippen LogP contribution is 2.29. The van der Waals surface area contributed by atoms with E-state index in [1.165, 1.54) is 41.0 Å². The molecule has 3 aromatic rings. The minimum Gasteiger partial charge on any atom is -0.478 e. The predicted molar refractivity (Wildman–Crippen MR) is 124 cm³/mol. The molecule has 0 saturated heterocycles. The van der Waals surface area contributed by atoms with Gasteiger partial charge in [-0.3, -0.25) is 0 Å². The standard InChI is InChI=1S/C24H25F3N4O4/c1-3-13-29(14-4-2)21-28-22(34)30(15-16-5-9-18(10-6-16)24(25,26)27)23(35)31(21)19-11-7-17(8-12-19)20(32)33/h5-12H,3-4,13-15H2,1-2H3,(H,32,33). The summed E-state index contributed by atoms with van der Waals surface area (Å²) in [6.45, 7) is 4.65. The van der Waals surface area contributed by atoms with Crippen molar-refractivity contribution in [2.45, 2.75) is 39.4 Å². The van der Waals surface area contributed by atoms with E-state index in [9.17, 15) is 32.7 Å². The number of carboxylic acid groups (broad SMARTS) is 1. The van der Waals surface area contributed by atoms with Crippen molar-refractivity contribution in [2.24, 2.45) is 0 Å². The van der Waals surface area contributed by atoms with Crippen LogP contribution in [-0.2, 0) is 12.7 Å². The summed E-state index contributed by atoms with van der Waals surface area (Å²) in [6.07, 6.45) is -3.06. The van der Waals surface area contributed by atoms with Crippen LogP contribution in [0.4, 0.5) is 19.1 Å². The summed E-state index contributed by atoms with van der Waals surface area (Å²) in [7, 11) is 0. The molecule has 8 nitrogen and oxygen atoms in total. The van der Waals surface area contributed by atoms with Gasteiger partial charge in [0, 0.05) is 13.1 Å². The summed E-state index contributed by atoms with van der Waals surface area (Å²) in [6, 6.07) is 9.74. The number of carbonyl (C=O) groups is 1. The first kappa shape index (κ1) is 25.7. The van der Waals surface area contributed by atoms with Crippen LogP contribution in [0.15, 0.2) is 58.1 Å². The molecule has 0 aliphatic heterocycles. The zero-order valence-corrected chi connectivity index (χ0v) is 19.2. The highest BCUT2D eigenvalue weighted by atomic mass is 19.4. The Balaban J connectivity index is 2.16. The Morgan fingerprint density at radius 1 is 0.971 bits per heavy atom. The lowest BCUT2D eigenvalue weighted by Gasteiger charge is -2.26. The predicted octanol–water partition coefficient (Wildman–Crippen LogP) is 3.79. The van der Waals surface area contributed by atoms with Crippen molar-refractivity contribution in [3.8, 4) is 5.69 Å². The number of halogens is 3. The lowest BCUT2D eigenvalue weighted by molar-refractivity contribution is -0.137. The molecule has 0 radical (unpaired) electrons. The van der Waals surface area contributed by atoms with E-state index in [2.05, 4.69) is 4.98 Å². The fraction of sp³-hybridized carbons (Fsp3) is 0.333.